The number of carbonyl (C=O) groups excluding carboxylic acids is 1. The van der Waals surface area contributed by atoms with E-state index in [1.54, 1.807) is 7.11 Å². The number of amides is 1. The standard InChI is InChI=1S/C17H26N2O2/c1-3-10-19(12-14-8-9-14)13-17(20)18-11-15-6-4-5-7-16(15)21-2/h4-7,14H,3,8-13H2,1-2H3,(H,18,20). The van der Waals surface area contributed by atoms with Crippen LogP contribution in [0, 0.1) is 5.92 Å². The van der Waals surface area contributed by atoms with Crippen molar-refractivity contribution in [3.05, 3.63) is 29.8 Å². The Morgan fingerprint density at radius 2 is 2.14 bits per heavy atom. The first-order valence-electron chi connectivity index (χ1n) is 7.84. The number of hydrogen-bond acceptors (Lipinski definition) is 3. The number of benzene rings is 1. The van der Waals surface area contributed by atoms with Gasteiger partial charge in [-0.25, -0.2) is 0 Å². The van der Waals surface area contributed by atoms with Crippen molar-refractivity contribution in [2.45, 2.75) is 32.7 Å². The molecule has 1 saturated carbocycles. The molecular formula is C17H26N2O2. The first-order valence-corrected chi connectivity index (χ1v) is 7.84. The van der Waals surface area contributed by atoms with Crippen molar-refractivity contribution in [2.75, 3.05) is 26.7 Å². The molecule has 1 N–H and O–H groups in total. The largest absolute Gasteiger partial charge is 0.496 e. The molecule has 0 saturated heterocycles. The third-order valence-electron chi connectivity index (χ3n) is 3.79. The lowest BCUT2D eigenvalue weighted by Gasteiger charge is -2.21. The maximum atomic E-state index is 12.1. The minimum Gasteiger partial charge on any atom is -0.496 e. The van der Waals surface area contributed by atoms with Crippen LogP contribution in [0.1, 0.15) is 31.7 Å². The molecule has 2 rings (SSSR count). The summed E-state index contributed by atoms with van der Waals surface area (Å²) in [5, 5.41) is 3.00. The Morgan fingerprint density at radius 3 is 2.81 bits per heavy atom. The summed E-state index contributed by atoms with van der Waals surface area (Å²) in [6, 6.07) is 7.79. The lowest BCUT2D eigenvalue weighted by molar-refractivity contribution is -0.122. The number of nitrogens with zero attached hydrogens (tertiary/aromatic N) is 1. The molecule has 1 aliphatic carbocycles. The third-order valence-corrected chi connectivity index (χ3v) is 3.79. The van der Waals surface area contributed by atoms with E-state index < -0.39 is 0 Å². The molecule has 21 heavy (non-hydrogen) atoms. The van der Waals surface area contributed by atoms with Gasteiger partial charge in [-0.2, -0.15) is 0 Å². The van der Waals surface area contributed by atoms with Crippen molar-refractivity contribution < 1.29 is 9.53 Å². The molecule has 0 aromatic heterocycles. The fraction of sp³-hybridized carbons (Fsp3) is 0.588. The van der Waals surface area contributed by atoms with Gasteiger partial charge in [-0.1, -0.05) is 25.1 Å². The Bertz CT molecular complexity index is 458. The van der Waals surface area contributed by atoms with Gasteiger partial charge in [0.2, 0.25) is 5.91 Å². The minimum absolute atomic E-state index is 0.0926. The van der Waals surface area contributed by atoms with Gasteiger partial charge in [-0.15, -0.1) is 0 Å². The zero-order valence-electron chi connectivity index (χ0n) is 13.1. The SMILES string of the molecule is CCCN(CC(=O)NCc1ccccc1OC)CC1CC1. The highest BCUT2D eigenvalue weighted by molar-refractivity contribution is 5.78. The molecule has 1 aromatic rings. The van der Waals surface area contributed by atoms with Gasteiger partial charge >= 0.3 is 0 Å². The van der Waals surface area contributed by atoms with Crippen molar-refractivity contribution in [3.8, 4) is 5.75 Å². The number of ether oxygens (including phenoxy) is 1. The molecule has 0 unspecified atom stereocenters. The summed E-state index contributed by atoms with van der Waals surface area (Å²) >= 11 is 0. The van der Waals surface area contributed by atoms with E-state index in [9.17, 15) is 4.79 Å². The zero-order valence-corrected chi connectivity index (χ0v) is 13.1. The molecular weight excluding hydrogens is 264 g/mol. The lowest BCUT2D eigenvalue weighted by atomic mass is 10.2. The van der Waals surface area contributed by atoms with Crippen molar-refractivity contribution >= 4 is 5.91 Å². The van der Waals surface area contributed by atoms with E-state index in [2.05, 4.69) is 17.1 Å². The highest BCUT2D eigenvalue weighted by Crippen LogP contribution is 2.29. The Hall–Kier alpha value is -1.55. The normalized spacial score (nSPS) is 14.2. The van der Waals surface area contributed by atoms with Gasteiger partial charge in [-0.3, -0.25) is 9.69 Å². The Morgan fingerprint density at radius 1 is 1.38 bits per heavy atom. The van der Waals surface area contributed by atoms with Crippen LogP contribution >= 0.6 is 0 Å². The van der Waals surface area contributed by atoms with Crippen molar-refractivity contribution in [1.29, 1.82) is 0 Å². The summed E-state index contributed by atoms with van der Waals surface area (Å²) in [5.74, 6) is 1.73. The van der Waals surface area contributed by atoms with Gasteiger partial charge in [0.15, 0.2) is 0 Å². The van der Waals surface area contributed by atoms with Crippen molar-refractivity contribution in [1.82, 2.24) is 10.2 Å². The molecule has 0 radical (unpaired) electrons. The smallest absolute Gasteiger partial charge is 0.234 e. The summed E-state index contributed by atoms with van der Waals surface area (Å²) in [6.45, 7) is 5.24. The van der Waals surface area contributed by atoms with E-state index in [0.717, 1.165) is 36.7 Å². The third kappa shape index (κ3) is 5.38. The quantitative estimate of drug-likeness (QED) is 0.759. The Labute approximate surface area is 127 Å². The first-order chi connectivity index (χ1) is 10.2. The molecule has 1 fully saturated rings. The van der Waals surface area contributed by atoms with E-state index in [1.165, 1.54) is 12.8 Å². The number of rotatable bonds is 9. The van der Waals surface area contributed by atoms with Gasteiger partial charge in [0.05, 0.1) is 13.7 Å². The number of hydrogen-bond donors (Lipinski definition) is 1. The summed E-state index contributed by atoms with van der Waals surface area (Å²) in [4.78, 5) is 14.4. The molecule has 0 spiro atoms. The average Bonchev–Trinajstić information content (AvgIpc) is 3.29. The van der Waals surface area contributed by atoms with Gasteiger partial charge in [-0.05, 0) is 37.8 Å². The zero-order chi connectivity index (χ0) is 15.1. The fourth-order valence-corrected chi connectivity index (χ4v) is 2.52. The van der Waals surface area contributed by atoms with Crippen LogP contribution < -0.4 is 10.1 Å². The number of para-hydroxylation sites is 1. The van der Waals surface area contributed by atoms with Crippen LogP contribution in [0.5, 0.6) is 5.75 Å². The molecule has 116 valence electrons. The average molecular weight is 290 g/mol. The molecule has 0 heterocycles. The van der Waals surface area contributed by atoms with E-state index in [1.807, 2.05) is 24.3 Å². The second kappa shape index (κ2) is 8.03. The Kier molecular flexibility index (Phi) is 6.05. The maximum Gasteiger partial charge on any atom is 0.234 e. The highest BCUT2D eigenvalue weighted by atomic mass is 16.5. The van der Waals surface area contributed by atoms with Gasteiger partial charge in [0, 0.05) is 18.7 Å². The molecule has 4 nitrogen and oxygen atoms in total. The predicted octanol–water partition coefficient (Wildman–Crippen LogP) is 2.43. The maximum absolute atomic E-state index is 12.1. The minimum atomic E-state index is 0.0926. The number of carbonyl (C=O) groups is 1. The van der Waals surface area contributed by atoms with Crippen LogP contribution in [-0.2, 0) is 11.3 Å². The van der Waals surface area contributed by atoms with Gasteiger partial charge < -0.3 is 10.1 Å². The monoisotopic (exact) mass is 290 g/mol. The van der Waals surface area contributed by atoms with Crippen LogP contribution in [-0.4, -0.2) is 37.6 Å². The second-order valence-electron chi connectivity index (χ2n) is 5.77. The molecule has 4 heteroatoms. The van der Waals surface area contributed by atoms with Crippen LogP contribution in [0.3, 0.4) is 0 Å². The predicted molar refractivity (Wildman–Crippen MR) is 84.3 cm³/mol. The second-order valence-corrected chi connectivity index (χ2v) is 5.77. The van der Waals surface area contributed by atoms with E-state index in [0.29, 0.717) is 13.1 Å². The van der Waals surface area contributed by atoms with E-state index >= 15 is 0 Å². The topological polar surface area (TPSA) is 41.6 Å². The first kappa shape index (κ1) is 15.8. The van der Waals surface area contributed by atoms with Crippen LogP contribution in [0.15, 0.2) is 24.3 Å². The van der Waals surface area contributed by atoms with Crippen LogP contribution in [0.25, 0.3) is 0 Å². The molecule has 1 aromatic carbocycles. The molecule has 0 atom stereocenters. The molecule has 0 aliphatic heterocycles. The van der Waals surface area contributed by atoms with Gasteiger partial charge in [0.25, 0.3) is 0 Å². The summed E-state index contributed by atoms with van der Waals surface area (Å²) < 4.78 is 5.30. The van der Waals surface area contributed by atoms with Crippen LogP contribution in [0.2, 0.25) is 0 Å². The summed E-state index contributed by atoms with van der Waals surface area (Å²) in [6.07, 6.45) is 3.73. The number of nitrogens with one attached hydrogen (secondary N) is 1. The Balaban J connectivity index is 1.79. The van der Waals surface area contributed by atoms with E-state index in [4.69, 9.17) is 4.74 Å². The summed E-state index contributed by atoms with van der Waals surface area (Å²) in [7, 11) is 1.65. The number of methoxy groups -OCH3 is 1. The van der Waals surface area contributed by atoms with Crippen molar-refractivity contribution in [3.63, 3.8) is 0 Å². The molecule has 0 bridgehead atoms. The molecule has 1 amide bonds. The van der Waals surface area contributed by atoms with Gasteiger partial charge in [0.1, 0.15) is 5.75 Å². The van der Waals surface area contributed by atoms with E-state index in [-0.39, 0.29) is 5.91 Å². The highest BCUT2D eigenvalue weighted by Gasteiger charge is 2.24. The lowest BCUT2D eigenvalue weighted by Crippen LogP contribution is -2.38. The van der Waals surface area contributed by atoms with Crippen molar-refractivity contribution in [2.24, 2.45) is 5.92 Å². The van der Waals surface area contributed by atoms with Crippen LogP contribution in [0.4, 0.5) is 0 Å². The summed E-state index contributed by atoms with van der Waals surface area (Å²) in [5.41, 5.74) is 1.01. The fourth-order valence-electron chi connectivity index (χ4n) is 2.52. The molecule has 1 aliphatic rings.